The Morgan fingerprint density at radius 1 is 1.02 bits per heavy atom. The first-order chi connectivity index (χ1) is 21.6. The third-order valence-corrected chi connectivity index (χ3v) is 8.48. The van der Waals surface area contributed by atoms with Crippen LogP contribution in [0.3, 0.4) is 0 Å². The Balaban J connectivity index is 1.48. The lowest BCUT2D eigenvalue weighted by Gasteiger charge is -2.34. The summed E-state index contributed by atoms with van der Waals surface area (Å²) in [5.74, 6) is -1.87. The molecule has 0 aliphatic carbocycles. The fraction of sp³-hybridized carbons (Fsp3) is 0.242. The number of hydrogen-bond donors (Lipinski definition) is 1. The summed E-state index contributed by atoms with van der Waals surface area (Å²) < 4.78 is 10.7. The third-order valence-electron chi connectivity index (χ3n) is 7.39. The van der Waals surface area contributed by atoms with Crippen LogP contribution in [0.4, 0.5) is 11.4 Å². The summed E-state index contributed by atoms with van der Waals surface area (Å²) in [5, 5.41) is 5.95. The van der Waals surface area contributed by atoms with Crippen molar-refractivity contribution in [3.8, 4) is 22.8 Å². The molecule has 1 N–H and O–H groups in total. The molecule has 5 rings (SSSR count). The Morgan fingerprint density at radius 3 is 2.44 bits per heavy atom. The number of amides is 3. The number of ketones is 1. The van der Waals surface area contributed by atoms with Crippen molar-refractivity contribution in [1.82, 2.24) is 9.88 Å². The largest absolute Gasteiger partial charge is 0.497 e. The topological polar surface area (TPSA) is 118 Å². The monoisotopic (exact) mass is 646 g/mol. The number of aromatic nitrogens is 1. The average Bonchev–Trinajstić information content (AvgIpc) is 3.60. The van der Waals surface area contributed by atoms with Crippen LogP contribution in [0, 0.1) is 5.92 Å². The minimum absolute atomic E-state index is 0.00920. The Bertz CT molecular complexity index is 1760. The van der Waals surface area contributed by atoms with E-state index in [1.165, 1.54) is 30.5 Å². The van der Waals surface area contributed by atoms with Gasteiger partial charge in [0, 0.05) is 22.0 Å². The molecular formula is C33H31ClN4O6S. The number of carbonyl (C=O) groups is 4. The molecule has 232 valence electrons. The van der Waals surface area contributed by atoms with E-state index in [-0.39, 0.29) is 18.0 Å². The summed E-state index contributed by atoms with van der Waals surface area (Å²) in [7, 11) is 3.01. The van der Waals surface area contributed by atoms with Crippen LogP contribution in [0.2, 0.25) is 5.02 Å². The van der Waals surface area contributed by atoms with E-state index in [0.717, 1.165) is 10.5 Å². The Hall–Kier alpha value is -4.74. The molecule has 1 aromatic heterocycles. The zero-order valence-corrected chi connectivity index (χ0v) is 26.6. The molecule has 10 nitrogen and oxygen atoms in total. The fourth-order valence-corrected chi connectivity index (χ4v) is 6.10. The molecule has 0 spiro atoms. The van der Waals surface area contributed by atoms with Crippen molar-refractivity contribution < 1.29 is 28.7 Å². The van der Waals surface area contributed by atoms with Gasteiger partial charge in [-0.3, -0.25) is 24.1 Å². The third kappa shape index (κ3) is 6.69. The summed E-state index contributed by atoms with van der Waals surface area (Å²) in [4.78, 5) is 61.0. The molecule has 0 bridgehead atoms. The van der Waals surface area contributed by atoms with Gasteiger partial charge in [-0.25, -0.2) is 4.98 Å². The van der Waals surface area contributed by atoms with Crippen molar-refractivity contribution in [2.75, 3.05) is 31.0 Å². The molecule has 2 heterocycles. The van der Waals surface area contributed by atoms with Crippen molar-refractivity contribution in [3.05, 3.63) is 87.7 Å². The van der Waals surface area contributed by atoms with Gasteiger partial charge in [0.1, 0.15) is 29.1 Å². The summed E-state index contributed by atoms with van der Waals surface area (Å²) in [6, 6.07) is 17.8. The number of benzene rings is 3. The number of rotatable bonds is 11. The van der Waals surface area contributed by atoms with Gasteiger partial charge in [-0.15, -0.1) is 11.3 Å². The highest BCUT2D eigenvalue weighted by molar-refractivity contribution is 7.09. The van der Waals surface area contributed by atoms with Crippen LogP contribution in [-0.2, 0) is 20.9 Å². The predicted molar refractivity (Wildman–Crippen MR) is 173 cm³/mol. The number of thiazole rings is 1. The van der Waals surface area contributed by atoms with Gasteiger partial charge in [0.2, 0.25) is 11.8 Å². The van der Waals surface area contributed by atoms with Crippen LogP contribution < -0.4 is 19.7 Å². The minimum Gasteiger partial charge on any atom is -0.497 e. The molecule has 0 saturated carbocycles. The average molecular weight is 647 g/mol. The molecular weight excluding hydrogens is 616 g/mol. The number of nitrogens with one attached hydrogen (secondary N) is 1. The summed E-state index contributed by atoms with van der Waals surface area (Å²) in [5.41, 5.74) is 2.53. The number of anilines is 2. The summed E-state index contributed by atoms with van der Waals surface area (Å²) in [6.07, 6.45) is 0. The first kappa shape index (κ1) is 31.7. The molecule has 0 radical (unpaired) electrons. The van der Waals surface area contributed by atoms with Gasteiger partial charge < -0.3 is 19.7 Å². The number of methoxy groups -OCH3 is 2. The van der Waals surface area contributed by atoms with Crippen LogP contribution in [0.15, 0.2) is 72.1 Å². The second-order valence-electron chi connectivity index (χ2n) is 10.6. The molecule has 3 amide bonds. The van der Waals surface area contributed by atoms with E-state index >= 15 is 0 Å². The smallest absolute Gasteiger partial charge is 0.299 e. The SMILES string of the molecule is COc1ccc(NC(=O)C(C(C)C)N(Cc2nc(-c3ccc(Cl)cc3)cs2)C(=O)CN2C(=O)C(=O)c3ccccc32)c(OC)c1. The van der Waals surface area contributed by atoms with Crippen molar-refractivity contribution in [2.24, 2.45) is 5.92 Å². The van der Waals surface area contributed by atoms with Gasteiger partial charge in [-0.05, 0) is 42.3 Å². The van der Waals surface area contributed by atoms with E-state index < -0.39 is 36.1 Å². The van der Waals surface area contributed by atoms with Crippen molar-refractivity contribution >= 4 is 57.8 Å². The van der Waals surface area contributed by atoms with Gasteiger partial charge in [0.25, 0.3) is 11.7 Å². The number of hydrogen-bond acceptors (Lipinski definition) is 8. The quantitative estimate of drug-likeness (QED) is 0.208. The lowest BCUT2D eigenvalue weighted by Crippen LogP contribution is -2.53. The summed E-state index contributed by atoms with van der Waals surface area (Å²) >= 11 is 7.40. The van der Waals surface area contributed by atoms with Crippen molar-refractivity contribution in [1.29, 1.82) is 0 Å². The van der Waals surface area contributed by atoms with Crippen molar-refractivity contribution in [3.63, 3.8) is 0 Å². The first-order valence-electron chi connectivity index (χ1n) is 14.1. The number of fused-ring (bicyclic) bond motifs is 1. The predicted octanol–water partition coefficient (Wildman–Crippen LogP) is 5.70. The maximum absolute atomic E-state index is 14.2. The first-order valence-corrected chi connectivity index (χ1v) is 15.3. The van der Waals surface area contributed by atoms with E-state index in [0.29, 0.717) is 38.6 Å². The second-order valence-corrected chi connectivity index (χ2v) is 12.0. The Labute approximate surface area is 269 Å². The van der Waals surface area contributed by atoms with Gasteiger partial charge in [-0.2, -0.15) is 0 Å². The molecule has 12 heteroatoms. The number of Topliss-reactive ketones (excluding diaryl/α,β-unsaturated/α-hetero) is 1. The molecule has 45 heavy (non-hydrogen) atoms. The maximum atomic E-state index is 14.2. The molecule has 1 aliphatic heterocycles. The van der Waals surface area contributed by atoms with Gasteiger partial charge in [0.15, 0.2) is 0 Å². The zero-order chi connectivity index (χ0) is 32.2. The van der Waals surface area contributed by atoms with Crippen LogP contribution in [0.5, 0.6) is 11.5 Å². The van der Waals surface area contributed by atoms with E-state index in [1.54, 1.807) is 54.6 Å². The zero-order valence-electron chi connectivity index (χ0n) is 25.1. The second kappa shape index (κ2) is 13.5. The molecule has 3 aromatic carbocycles. The van der Waals surface area contributed by atoms with Crippen LogP contribution >= 0.6 is 22.9 Å². The van der Waals surface area contributed by atoms with Gasteiger partial charge in [-0.1, -0.05) is 49.7 Å². The highest BCUT2D eigenvalue weighted by Crippen LogP contribution is 2.32. The lowest BCUT2D eigenvalue weighted by molar-refractivity contribution is -0.140. The number of nitrogens with zero attached hydrogens (tertiary/aromatic N) is 3. The normalized spacial score (nSPS) is 13.1. The Kier molecular flexibility index (Phi) is 9.50. The van der Waals surface area contributed by atoms with Crippen LogP contribution in [0.1, 0.15) is 29.2 Å². The molecule has 1 unspecified atom stereocenters. The number of ether oxygens (including phenoxy) is 2. The number of carbonyl (C=O) groups excluding carboxylic acids is 4. The maximum Gasteiger partial charge on any atom is 0.299 e. The number of halogens is 1. The molecule has 0 fully saturated rings. The van der Waals surface area contributed by atoms with E-state index in [4.69, 9.17) is 26.1 Å². The van der Waals surface area contributed by atoms with E-state index in [1.807, 2.05) is 31.4 Å². The van der Waals surface area contributed by atoms with Crippen LogP contribution in [-0.4, -0.2) is 60.2 Å². The minimum atomic E-state index is -0.976. The lowest BCUT2D eigenvalue weighted by atomic mass is 10.0. The van der Waals surface area contributed by atoms with Gasteiger partial charge in [0.05, 0.1) is 43.4 Å². The Morgan fingerprint density at radius 2 is 1.76 bits per heavy atom. The van der Waals surface area contributed by atoms with Crippen LogP contribution in [0.25, 0.3) is 11.3 Å². The van der Waals surface area contributed by atoms with E-state index in [2.05, 4.69) is 5.32 Å². The fourth-order valence-electron chi connectivity index (χ4n) is 5.17. The van der Waals surface area contributed by atoms with Gasteiger partial charge >= 0.3 is 0 Å². The highest BCUT2D eigenvalue weighted by Gasteiger charge is 2.40. The summed E-state index contributed by atoms with van der Waals surface area (Å²) in [6.45, 7) is 3.22. The highest BCUT2D eigenvalue weighted by atomic mass is 35.5. The van der Waals surface area contributed by atoms with E-state index in [9.17, 15) is 19.2 Å². The standard InChI is InChI=1S/C33H31ClN4O6S/c1-19(2)30(32(41)36-24-14-13-22(43-3)15-27(24)44-4)38(16-28-35-25(18-45-28)20-9-11-21(34)12-10-20)29(39)17-37-26-8-6-5-7-23(26)31(40)33(37)42/h5-15,18-19,30H,16-17H2,1-4H3,(H,36,41). The molecule has 1 atom stereocenters. The van der Waals surface area contributed by atoms with Crippen molar-refractivity contribution in [2.45, 2.75) is 26.4 Å². The molecule has 4 aromatic rings. The molecule has 0 saturated heterocycles. The number of para-hydroxylation sites is 1. The molecule has 1 aliphatic rings.